The number of rotatable bonds is 4. The number of amides is 1. The Morgan fingerprint density at radius 3 is 2.84 bits per heavy atom. The Morgan fingerprint density at radius 2 is 2.21 bits per heavy atom. The molecule has 2 N–H and O–H groups in total. The molecule has 1 heterocycles. The molecular weight excluding hydrogens is 268 g/mol. The molecule has 1 saturated heterocycles. The van der Waals surface area contributed by atoms with Gasteiger partial charge in [-0.3, -0.25) is 4.79 Å². The van der Waals surface area contributed by atoms with Crippen LogP contribution >= 0.6 is 12.4 Å². The van der Waals surface area contributed by atoms with Crippen molar-refractivity contribution >= 4 is 18.3 Å². The van der Waals surface area contributed by atoms with E-state index in [2.05, 4.69) is 0 Å². The van der Waals surface area contributed by atoms with Gasteiger partial charge in [-0.15, -0.1) is 12.4 Å². The maximum Gasteiger partial charge on any atom is 0.260 e. The molecule has 0 bridgehead atoms. The van der Waals surface area contributed by atoms with Crippen molar-refractivity contribution in [3.05, 3.63) is 24.3 Å². The minimum absolute atomic E-state index is 0. The summed E-state index contributed by atoms with van der Waals surface area (Å²) in [5.41, 5.74) is 5.76. The standard InChI is InChI=1S/C13H18N2O3.ClH/c1-17-11-3-2-4-12(7-11)18-9-13(16)15-6-5-10(14)8-15;/h2-4,7,10H,5-6,8-9,14H2,1H3;1H/t10-;/m1./s1. The number of carbonyl (C=O) groups is 1. The number of carbonyl (C=O) groups excluding carboxylic acids is 1. The number of nitrogens with two attached hydrogens (primary N) is 1. The molecule has 0 radical (unpaired) electrons. The predicted octanol–water partition coefficient (Wildman–Crippen LogP) is 1.06. The molecule has 2 rings (SSSR count). The van der Waals surface area contributed by atoms with Crippen molar-refractivity contribution in [2.24, 2.45) is 5.73 Å². The fourth-order valence-corrected chi connectivity index (χ4v) is 1.94. The second kappa shape index (κ2) is 7.21. The highest BCUT2D eigenvalue weighted by Crippen LogP contribution is 2.19. The Kier molecular flexibility index (Phi) is 5.92. The Morgan fingerprint density at radius 1 is 1.47 bits per heavy atom. The summed E-state index contributed by atoms with van der Waals surface area (Å²) in [6.45, 7) is 1.39. The van der Waals surface area contributed by atoms with E-state index in [4.69, 9.17) is 15.2 Å². The SMILES string of the molecule is COc1cccc(OCC(=O)N2CC[C@@H](N)C2)c1.Cl. The molecule has 0 spiro atoms. The number of halogens is 1. The number of hydrogen-bond acceptors (Lipinski definition) is 4. The van der Waals surface area contributed by atoms with E-state index in [-0.39, 0.29) is 31.0 Å². The summed E-state index contributed by atoms with van der Waals surface area (Å²) in [7, 11) is 1.59. The molecule has 106 valence electrons. The van der Waals surface area contributed by atoms with Gasteiger partial charge in [-0.25, -0.2) is 0 Å². The molecule has 6 heteroatoms. The lowest BCUT2D eigenvalue weighted by molar-refractivity contribution is -0.132. The maximum absolute atomic E-state index is 11.8. The molecule has 1 aromatic carbocycles. The zero-order valence-electron chi connectivity index (χ0n) is 10.9. The van der Waals surface area contributed by atoms with E-state index in [1.165, 1.54) is 0 Å². The van der Waals surface area contributed by atoms with Crippen LogP contribution in [0.5, 0.6) is 11.5 Å². The fraction of sp³-hybridized carbons (Fsp3) is 0.462. The van der Waals surface area contributed by atoms with Crippen LogP contribution in [-0.2, 0) is 4.79 Å². The maximum atomic E-state index is 11.8. The van der Waals surface area contributed by atoms with Crippen LogP contribution in [0.1, 0.15) is 6.42 Å². The lowest BCUT2D eigenvalue weighted by Gasteiger charge is -2.16. The van der Waals surface area contributed by atoms with Gasteiger partial charge in [-0.2, -0.15) is 0 Å². The van der Waals surface area contributed by atoms with Gasteiger partial charge in [0.05, 0.1) is 7.11 Å². The molecule has 1 amide bonds. The van der Waals surface area contributed by atoms with Gasteiger partial charge < -0.3 is 20.1 Å². The van der Waals surface area contributed by atoms with E-state index in [1.54, 1.807) is 24.1 Å². The van der Waals surface area contributed by atoms with Crippen LogP contribution in [0.25, 0.3) is 0 Å². The van der Waals surface area contributed by atoms with E-state index in [1.807, 2.05) is 12.1 Å². The third-order valence-corrected chi connectivity index (χ3v) is 2.98. The highest BCUT2D eigenvalue weighted by Gasteiger charge is 2.23. The Hall–Kier alpha value is -1.46. The van der Waals surface area contributed by atoms with E-state index in [9.17, 15) is 4.79 Å². The highest BCUT2D eigenvalue weighted by molar-refractivity contribution is 5.85. The van der Waals surface area contributed by atoms with Gasteiger partial charge in [0.1, 0.15) is 11.5 Å². The van der Waals surface area contributed by atoms with Gasteiger partial charge in [0.15, 0.2) is 6.61 Å². The monoisotopic (exact) mass is 286 g/mol. The summed E-state index contributed by atoms with van der Waals surface area (Å²) in [5, 5.41) is 0. The molecule has 0 unspecified atom stereocenters. The number of benzene rings is 1. The molecule has 1 aliphatic rings. The van der Waals surface area contributed by atoms with Crippen molar-refractivity contribution in [1.82, 2.24) is 4.90 Å². The molecule has 1 aliphatic heterocycles. The molecule has 0 aliphatic carbocycles. The number of nitrogens with zero attached hydrogens (tertiary/aromatic N) is 1. The summed E-state index contributed by atoms with van der Waals surface area (Å²) in [5.74, 6) is 1.32. The molecule has 0 saturated carbocycles. The van der Waals surface area contributed by atoms with E-state index in [0.29, 0.717) is 18.0 Å². The summed E-state index contributed by atoms with van der Waals surface area (Å²) in [6, 6.07) is 7.30. The lowest BCUT2D eigenvalue weighted by atomic mass is 10.3. The Labute approximate surface area is 119 Å². The van der Waals surface area contributed by atoms with Crippen LogP contribution in [0.2, 0.25) is 0 Å². The third kappa shape index (κ3) is 4.29. The molecular formula is C13H19ClN2O3. The quantitative estimate of drug-likeness (QED) is 0.899. The summed E-state index contributed by atoms with van der Waals surface area (Å²) in [4.78, 5) is 13.6. The van der Waals surface area contributed by atoms with Crippen LogP contribution in [0.3, 0.4) is 0 Å². The number of methoxy groups -OCH3 is 1. The van der Waals surface area contributed by atoms with Gasteiger partial charge in [0.2, 0.25) is 0 Å². The second-order valence-corrected chi connectivity index (χ2v) is 4.36. The van der Waals surface area contributed by atoms with Gasteiger partial charge in [-0.1, -0.05) is 6.07 Å². The van der Waals surface area contributed by atoms with Crippen molar-refractivity contribution in [2.75, 3.05) is 26.8 Å². The fourth-order valence-electron chi connectivity index (χ4n) is 1.94. The van der Waals surface area contributed by atoms with Crippen molar-refractivity contribution in [2.45, 2.75) is 12.5 Å². The average Bonchev–Trinajstić information content (AvgIpc) is 2.83. The highest BCUT2D eigenvalue weighted by atomic mass is 35.5. The van der Waals surface area contributed by atoms with Crippen LogP contribution in [0.15, 0.2) is 24.3 Å². The smallest absolute Gasteiger partial charge is 0.260 e. The Bertz CT molecular complexity index is 428. The average molecular weight is 287 g/mol. The summed E-state index contributed by atoms with van der Waals surface area (Å²) >= 11 is 0. The molecule has 19 heavy (non-hydrogen) atoms. The summed E-state index contributed by atoms with van der Waals surface area (Å²) in [6.07, 6.45) is 0.866. The second-order valence-electron chi connectivity index (χ2n) is 4.36. The molecule has 1 fully saturated rings. The zero-order chi connectivity index (χ0) is 13.0. The van der Waals surface area contributed by atoms with Gasteiger partial charge in [-0.05, 0) is 18.6 Å². The van der Waals surface area contributed by atoms with Crippen LogP contribution < -0.4 is 15.2 Å². The first-order valence-electron chi connectivity index (χ1n) is 5.99. The number of likely N-dealkylation sites (tertiary alicyclic amines) is 1. The van der Waals surface area contributed by atoms with Crippen molar-refractivity contribution < 1.29 is 14.3 Å². The number of ether oxygens (including phenoxy) is 2. The topological polar surface area (TPSA) is 64.8 Å². The van der Waals surface area contributed by atoms with Gasteiger partial charge >= 0.3 is 0 Å². The first-order chi connectivity index (χ1) is 8.69. The van der Waals surface area contributed by atoms with Gasteiger partial charge in [0.25, 0.3) is 5.91 Å². The van der Waals surface area contributed by atoms with Gasteiger partial charge in [0, 0.05) is 25.2 Å². The molecule has 0 aromatic heterocycles. The van der Waals surface area contributed by atoms with Crippen molar-refractivity contribution in [3.8, 4) is 11.5 Å². The Balaban J connectivity index is 0.00000180. The van der Waals surface area contributed by atoms with Crippen LogP contribution in [0.4, 0.5) is 0 Å². The lowest BCUT2D eigenvalue weighted by Crippen LogP contribution is -2.35. The molecule has 1 aromatic rings. The summed E-state index contributed by atoms with van der Waals surface area (Å²) < 4.78 is 10.5. The third-order valence-electron chi connectivity index (χ3n) is 2.98. The molecule has 1 atom stereocenters. The first-order valence-corrected chi connectivity index (χ1v) is 5.99. The van der Waals surface area contributed by atoms with E-state index in [0.717, 1.165) is 13.0 Å². The van der Waals surface area contributed by atoms with E-state index < -0.39 is 0 Å². The first kappa shape index (κ1) is 15.6. The van der Waals surface area contributed by atoms with E-state index >= 15 is 0 Å². The molecule has 5 nitrogen and oxygen atoms in total. The predicted molar refractivity (Wildman–Crippen MR) is 74.9 cm³/mol. The minimum Gasteiger partial charge on any atom is -0.497 e. The number of hydrogen-bond donors (Lipinski definition) is 1. The minimum atomic E-state index is -0.0224. The largest absolute Gasteiger partial charge is 0.497 e. The van der Waals surface area contributed by atoms with Crippen molar-refractivity contribution in [1.29, 1.82) is 0 Å². The normalized spacial score (nSPS) is 17.8. The van der Waals surface area contributed by atoms with Crippen molar-refractivity contribution in [3.63, 3.8) is 0 Å². The van der Waals surface area contributed by atoms with Crippen LogP contribution in [0, 0.1) is 0 Å². The zero-order valence-corrected chi connectivity index (χ0v) is 11.7. The van der Waals surface area contributed by atoms with Crippen LogP contribution in [-0.4, -0.2) is 43.7 Å².